The van der Waals surface area contributed by atoms with Crippen LogP contribution in [-0.2, 0) is 9.53 Å². The van der Waals surface area contributed by atoms with Gasteiger partial charge in [0.1, 0.15) is 12.4 Å². The Morgan fingerprint density at radius 2 is 2.00 bits per heavy atom. The first kappa shape index (κ1) is 13.6. The first-order valence-electron chi connectivity index (χ1n) is 6.63. The molecule has 0 saturated carbocycles. The molecule has 2 heterocycles. The van der Waals surface area contributed by atoms with Crippen molar-refractivity contribution in [2.45, 2.75) is 44.2 Å². The molecule has 0 aromatic rings. The number of Topliss-reactive ketones (excluding diaryl/α,β-unsaturated/α-hetero) is 1. The van der Waals surface area contributed by atoms with E-state index in [0.29, 0.717) is 12.8 Å². The van der Waals surface area contributed by atoms with Gasteiger partial charge in [-0.25, -0.2) is 4.79 Å². The molecule has 2 rings (SSSR count). The van der Waals surface area contributed by atoms with Gasteiger partial charge in [-0.15, -0.1) is 0 Å². The van der Waals surface area contributed by atoms with Crippen LogP contribution in [0, 0.1) is 17.2 Å². The van der Waals surface area contributed by atoms with E-state index in [1.54, 1.807) is 11.0 Å². The number of carbonyl (C=O) groups excluding carboxylic acids is 2. The van der Waals surface area contributed by atoms with E-state index < -0.39 is 0 Å². The average molecular weight is 262 g/mol. The molecule has 2 atom stereocenters. The van der Waals surface area contributed by atoms with Gasteiger partial charge in [-0.2, -0.15) is 5.26 Å². The quantitative estimate of drug-likeness (QED) is 0.727. The van der Waals surface area contributed by atoms with Crippen molar-refractivity contribution in [3.05, 3.63) is 12.7 Å². The lowest BCUT2D eigenvalue weighted by Crippen LogP contribution is -2.48. The van der Waals surface area contributed by atoms with Crippen LogP contribution in [0.2, 0.25) is 0 Å². The highest BCUT2D eigenvalue weighted by Gasteiger charge is 2.45. The molecule has 0 spiro atoms. The number of ketones is 1. The standard InChI is InChI=1S/C14H18N2O3/c1-2-7-19-14(18)16-11-3-4-12(16)9-10(8-11)13(17)5-6-15/h2,10-12H,1,3-5,7-9H2. The second-order valence-electron chi connectivity index (χ2n) is 5.13. The van der Waals surface area contributed by atoms with Crippen molar-refractivity contribution in [2.75, 3.05) is 6.61 Å². The summed E-state index contributed by atoms with van der Waals surface area (Å²) in [5.41, 5.74) is 0. The minimum atomic E-state index is -0.307. The molecule has 2 saturated heterocycles. The molecule has 0 aromatic carbocycles. The fourth-order valence-electron chi connectivity index (χ4n) is 3.17. The lowest BCUT2D eigenvalue weighted by Gasteiger charge is -2.37. The molecule has 19 heavy (non-hydrogen) atoms. The molecular weight excluding hydrogens is 244 g/mol. The Morgan fingerprint density at radius 1 is 1.37 bits per heavy atom. The summed E-state index contributed by atoms with van der Waals surface area (Å²) >= 11 is 0. The van der Waals surface area contributed by atoms with Crippen LogP contribution in [0.3, 0.4) is 0 Å². The lowest BCUT2D eigenvalue weighted by molar-refractivity contribution is -0.124. The number of fused-ring (bicyclic) bond motifs is 2. The molecule has 2 bridgehead atoms. The zero-order chi connectivity index (χ0) is 13.8. The van der Waals surface area contributed by atoms with E-state index in [4.69, 9.17) is 10.00 Å². The summed E-state index contributed by atoms with van der Waals surface area (Å²) in [4.78, 5) is 25.5. The summed E-state index contributed by atoms with van der Waals surface area (Å²) in [7, 11) is 0. The molecule has 0 radical (unpaired) electrons. The van der Waals surface area contributed by atoms with Crippen molar-refractivity contribution < 1.29 is 14.3 Å². The van der Waals surface area contributed by atoms with Crippen molar-refractivity contribution in [3.63, 3.8) is 0 Å². The maximum absolute atomic E-state index is 11.9. The van der Waals surface area contributed by atoms with Gasteiger partial charge in [-0.3, -0.25) is 4.79 Å². The van der Waals surface area contributed by atoms with Gasteiger partial charge in [0.25, 0.3) is 0 Å². The molecule has 0 N–H and O–H groups in total. The maximum atomic E-state index is 11.9. The summed E-state index contributed by atoms with van der Waals surface area (Å²) in [5.74, 6) is -0.0564. The summed E-state index contributed by atoms with van der Waals surface area (Å²) in [6.45, 7) is 3.73. The molecule has 102 valence electrons. The monoisotopic (exact) mass is 262 g/mol. The third-order valence-electron chi connectivity index (χ3n) is 3.98. The molecule has 2 fully saturated rings. The molecule has 5 heteroatoms. The van der Waals surface area contributed by atoms with Gasteiger partial charge in [-0.05, 0) is 25.7 Å². The second-order valence-corrected chi connectivity index (χ2v) is 5.13. The van der Waals surface area contributed by atoms with Crippen LogP contribution in [0.5, 0.6) is 0 Å². The zero-order valence-corrected chi connectivity index (χ0v) is 10.9. The number of nitriles is 1. The summed E-state index contributed by atoms with van der Waals surface area (Å²) in [6.07, 6.45) is 4.39. The highest BCUT2D eigenvalue weighted by atomic mass is 16.6. The van der Waals surface area contributed by atoms with E-state index in [1.807, 2.05) is 6.07 Å². The van der Waals surface area contributed by atoms with E-state index in [1.165, 1.54) is 0 Å². The van der Waals surface area contributed by atoms with Crippen molar-refractivity contribution in [3.8, 4) is 6.07 Å². The smallest absolute Gasteiger partial charge is 0.410 e. The Morgan fingerprint density at radius 3 is 2.53 bits per heavy atom. The van der Waals surface area contributed by atoms with E-state index >= 15 is 0 Å². The van der Waals surface area contributed by atoms with Gasteiger partial charge >= 0.3 is 6.09 Å². The third kappa shape index (κ3) is 2.78. The summed E-state index contributed by atoms with van der Waals surface area (Å²) in [5, 5.41) is 8.59. The molecule has 2 unspecified atom stereocenters. The van der Waals surface area contributed by atoms with Gasteiger partial charge in [-0.1, -0.05) is 12.7 Å². The van der Waals surface area contributed by atoms with Crippen molar-refractivity contribution in [1.29, 1.82) is 5.26 Å². The van der Waals surface area contributed by atoms with Gasteiger partial charge in [0, 0.05) is 18.0 Å². The van der Waals surface area contributed by atoms with E-state index in [9.17, 15) is 9.59 Å². The number of piperidine rings is 1. The van der Waals surface area contributed by atoms with Gasteiger partial charge < -0.3 is 9.64 Å². The van der Waals surface area contributed by atoms with Gasteiger partial charge in [0.15, 0.2) is 0 Å². The largest absolute Gasteiger partial charge is 0.445 e. The Bertz CT molecular complexity index is 413. The molecule has 2 aliphatic heterocycles. The fourth-order valence-corrected chi connectivity index (χ4v) is 3.17. The van der Waals surface area contributed by atoms with E-state index in [-0.39, 0.29) is 42.9 Å². The first-order chi connectivity index (χ1) is 9.17. The van der Waals surface area contributed by atoms with Crippen molar-refractivity contribution >= 4 is 11.9 Å². The topological polar surface area (TPSA) is 70.4 Å². The SMILES string of the molecule is C=CCOC(=O)N1C2CCC1CC(C(=O)CC#N)C2. The molecule has 2 aliphatic rings. The highest BCUT2D eigenvalue weighted by Crippen LogP contribution is 2.39. The Kier molecular flexibility index (Phi) is 4.20. The zero-order valence-electron chi connectivity index (χ0n) is 10.9. The van der Waals surface area contributed by atoms with E-state index in [2.05, 4.69) is 6.58 Å². The number of nitrogens with zero attached hydrogens (tertiary/aromatic N) is 2. The van der Waals surface area contributed by atoms with Crippen LogP contribution in [0.4, 0.5) is 4.79 Å². The highest BCUT2D eigenvalue weighted by molar-refractivity contribution is 5.83. The van der Waals surface area contributed by atoms with Crippen molar-refractivity contribution in [2.24, 2.45) is 5.92 Å². The lowest BCUT2D eigenvalue weighted by atomic mass is 9.86. The fraction of sp³-hybridized carbons (Fsp3) is 0.643. The minimum Gasteiger partial charge on any atom is -0.445 e. The molecule has 5 nitrogen and oxygen atoms in total. The van der Waals surface area contributed by atoms with Crippen LogP contribution >= 0.6 is 0 Å². The van der Waals surface area contributed by atoms with Crippen LogP contribution in [0.25, 0.3) is 0 Å². The number of hydrogen-bond donors (Lipinski definition) is 0. The average Bonchev–Trinajstić information content (AvgIpc) is 2.66. The molecule has 0 aliphatic carbocycles. The van der Waals surface area contributed by atoms with E-state index in [0.717, 1.165) is 12.8 Å². The number of hydrogen-bond acceptors (Lipinski definition) is 4. The number of carbonyl (C=O) groups is 2. The predicted octanol–water partition coefficient (Wildman–Crippen LogP) is 2.03. The third-order valence-corrected chi connectivity index (χ3v) is 3.98. The first-order valence-corrected chi connectivity index (χ1v) is 6.63. The van der Waals surface area contributed by atoms with Gasteiger partial charge in [0.2, 0.25) is 0 Å². The Balaban J connectivity index is 1.98. The van der Waals surface area contributed by atoms with Gasteiger partial charge in [0.05, 0.1) is 12.5 Å². The van der Waals surface area contributed by atoms with Crippen molar-refractivity contribution in [1.82, 2.24) is 4.90 Å². The molecule has 1 amide bonds. The Labute approximate surface area is 112 Å². The van der Waals surface area contributed by atoms with Crippen LogP contribution in [0.1, 0.15) is 32.1 Å². The summed E-state index contributed by atoms with van der Waals surface area (Å²) in [6, 6.07) is 2.08. The Hall–Kier alpha value is -1.83. The number of ether oxygens (including phenoxy) is 1. The molecule has 0 aromatic heterocycles. The number of amides is 1. The second kappa shape index (κ2) is 5.87. The predicted molar refractivity (Wildman–Crippen MR) is 68.2 cm³/mol. The normalized spacial score (nSPS) is 28.6. The number of rotatable bonds is 4. The van der Waals surface area contributed by atoms with Crippen LogP contribution < -0.4 is 0 Å². The maximum Gasteiger partial charge on any atom is 0.410 e. The van der Waals surface area contributed by atoms with Crippen LogP contribution in [-0.4, -0.2) is 35.5 Å². The molecular formula is C14H18N2O3. The minimum absolute atomic E-state index is 0.0125. The summed E-state index contributed by atoms with van der Waals surface area (Å²) < 4.78 is 5.09. The van der Waals surface area contributed by atoms with Crippen LogP contribution in [0.15, 0.2) is 12.7 Å².